The molecule has 1 amide bonds. The number of Topliss-reactive ketones (excluding diaryl/α,β-unsaturated/α-hetero) is 1. The maximum atomic E-state index is 12.3. The molecule has 0 unspecified atom stereocenters. The van der Waals surface area contributed by atoms with Gasteiger partial charge in [-0.25, -0.2) is 9.59 Å². The summed E-state index contributed by atoms with van der Waals surface area (Å²) in [5.74, 6) is -0.601. The highest BCUT2D eigenvalue weighted by Gasteiger charge is 2.23. The third-order valence-corrected chi connectivity index (χ3v) is 3.04. The van der Waals surface area contributed by atoms with Gasteiger partial charge in [-0.05, 0) is 45.2 Å². The van der Waals surface area contributed by atoms with Crippen LogP contribution < -0.4 is 10.9 Å². The summed E-state index contributed by atoms with van der Waals surface area (Å²) in [7, 11) is 0. The number of rotatable bonds is 3. The summed E-state index contributed by atoms with van der Waals surface area (Å²) in [5.41, 5.74) is -1.25. The fourth-order valence-corrected chi connectivity index (χ4v) is 2.02. The van der Waals surface area contributed by atoms with Crippen molar-refractivity contribution in [3.05, 3.63) is 46.5 Å². The van der Waals surface area contributed by atoms with E-state index in [-0.39, 0.29) is 5.76 Å². The normalized spacial score (nSPS) is 12.7. The fourth-order valence-electron chi connectivity index (χ4n) is 2.02. The Morgan fingerprint density at radius 3 is 2.52 bits per heavy atom. The van der Waals surface area contributed by atoms with Gasteiger partial charge in [-0.3, -0.25) is 4.79 Å². The van der Waals surface area contributed by atoms with E-state index in [0.717, 1.165) is 0 Å². The number of hydrogen-bond acceptors (Lipinski definition) is 5. The first-order valence-electron chi connectivity index (χ1n) is 7.24. The van der Waals surface area contributed by atoms with Gasteiger partial charge < -0.3 is 14.5 Å². The van der Waals surface area contributed by atoms with Gasteiger partial charge in [0, 0.05) is 0 Å². The van der Waals surface area contributed by atoms with Crippen molar-refractivity contribution in [2.24, 2.45) is 0 Å². The molecule has 0 spiro atoms. The third-order valence-electron chi connectivity index (χ3n) is 3.04. The van der Waals surface area contributed by atoms with Crippen molar-refractivity contribution in [2.45, 2.75) is 39.3 Å². The first-order valence-corrected chi connectivity index (χ1v) is 7.24. The minimum Gasteiger partial charge on any atom is -0.444 e. The summed E-state index contributed by atoms with van der Waals surface area (Å²) in [6.07, 6.45) is -0.707. The molecule has 0 saturated heterocycles. The van der Waals surface area contributed by atoms with Crippen molar-refractivity contribution < 1.29 is 18.7 Å². The highest BCUT2D eigenvalue weighted by Crippen LogP contribution is 2.13. The second-order valence-electron chi connectivity index (χ2n) is 6.22. The van der Waals surface area contributed by atoms with E-state index in [1.165, 1.54) is 13.0 Å². The van der Waals surface area contributed by atoms with Crippen molar-refractivity contribution in [1.29, 1.82) is 0 Å². The van der Waals surface area contributed by atoms with E-state index in [1.807, 2.05) is 0 Å². The molecule has 6 heteroatoms. The second kappa shape index (κ2) is 6.24. The lowest BCUT2D eigenvalue weighted by molar-refractivity contribution is 0.0494. The summed E-state index contributed by atoms with van der Waals surface area (Å²) in [4.78, 5) is 36.0. The van der Waals surface area contributed by atoms with Crippen LogP contribution in [0.2, 0.25) is 0 Å². The first-order chi connectivity index (χ1) is 10.7. The van der Waals surface area contributed by atoms with Gasteiger partial charge in [-0.1, -0.05) is 18.2 Å². The molecule has 6 nitrogen and oxygen atoms in total. The average Bonchev–Trinajstić information content (AvgIpc) is 2.44. The van der Waals surface area contributed by atoms with E-state index in [0.29, 0.717) is 10.8 Å². The Balaban J connectivity index is 2.20. The molecular weight excluding hydrogens is 298 g/mol. The smallest absolute Gasteiger partial charge is 0.408 e. The van der Waals surface area contributed by atoms with Crippen molar-refractivity contribution >= 4 is 22.6 Å². The molecule has 0 aliphatic carbocycles. The maximum Gasteiger partial charge on any atom is 0.408 e. The molecule has 1 heterocycles. The van der Waals surface area contributed by atoms with Crippen molar-refractivity contribution in [3.8, 4) is 0 Å². The number of alkyl carbamates (subject to hydrolysis) is 1. The standard InChI is InChI=1S/C17H19NO5/c1-10(18-16(21)23-17(2,3)4)14(19)13-9-11-7-5-6-8-12(11)15(20)22-13/h5-10H,1-4H3,(H,18,21)/t10-/m0/s1. The SMILES string of the molecule is C[C@H](NC(=O)OC(C)(C)C)C(=O)c1cc2ccccc2c(=O)o1. The van der Waals surface area contributed by atoms with Crippen LogP contribution >= 0.6 is 0 Å². The quantitative estimate of drug-likeness (QED) is 0.880. The molecule has 2 rings (SSSR count). The zero-order valence-corrected chi connectivity index (χ0v) is 13.5. The topological polar surface area (TPSA) is 85.6 Å². The Kier molecular flexibility index (Phi) is 4.54. The number of carbonyl (C=O) groups is 2. The van der Waals surface area contributed by atoms with E-state index >= 15 is 0 Å². The van der Waals surface area contributed by atoms with Crippen LogP contribution in [0.15, 0.2) is 39.5 Å². The summed E-state index contributed by atoms with van der Waals surface area (Å²) in [6, 6.07) is 7.43. The van der Waals surface area contributed by atoms with E-state index in [2.05, 4.69) is 5.32 Å². The number of amides is 1. The number of hydrogen-bond donors (Lipinski definition) is 1. The number of nitrogens with one attached hydrogen (secondary N) is 1. The lowest BCUT2D eigenvalue weighted by atomic mass is 10.1. The van der Waals surface area contributed by atoms with Gasteiger partial charge in [0.15, 0.2) is 5.76 Å². The molecule has 0 fully saturated rings. The molecule has 1 aromatic carbocycles. The van der Waals surface area contributed by atoms with Crippen LogP contribution in [0.1, 0.15) is 38.2 Å². The summed E-state index contributed by atoms with van der Waals surface area (Å²) in [6.45, 7) is 6.67. The lowest BCUT2D eigenvalue weighted by Gasteiger charge is -2.21. The zero-order chi connectivity index (χ0) is 17.2. The third kappa shape index (κ3) is 4.18. The van der Waals surface area contributed by atoms with Gasteiger partial charge in [0.2, 0.25) is 5.78 Å². The van der Waals surface area contributed by atoms with Crippen LogP contribution in [0.3, 0.4) is 0 Å². The van der Waals surface area contributed by atoms with Crippen LogP contribution in [0, 0.1) is 0 Å². The Bertz CT molecular complexity index is 800. The Morgan fingerprint density at radius 1 is 1.22 bits per heavy atom. The number of carbonyl (C=O) groups excluding carboxylic acids is 2. The predicted octanol–water partition coefficient (Wildman–Crippen LogP) is 2.89. The molecule has 1 N–H and O–H groups in total. The number of ketones is 1. The molecular formula is C17H19NO5. The van der Waals surface area contributed by atoms with Gasteiger partial charge in [-0.15, -0.1) is 0 Å². The molecule has 1 atom stereocenters. The van der Waals surface area contributed by atoms with Crippen molar-refractivity contribution in [3.63, 3.8) is 0 Å². The van der Waals surface area contributed by atoms with Gasteiger partial charge in [0.05, 0.1) is 11.4 Å². The minimum atomic E-state index is -0.880. The van der Waals surface area contributed by atoms with Crippen LogP contribution in [-0.2, 0) is 4.74 Å². The number of ether oxygens (including phenoxy) is 1. The Hall–Kier alpha value is -2.63. The highest BCUT2D eigenvalue weighted by molar-refractivity contribution is 6.01. The lowest BCUT2D eigenvalue weighted by Crippen LogP contribution is -2.41. The van der Waals surface area contributed by atoms with Crippen LogP contribution in [-0.4, -0.2) is 23.5 Å². The zero-order valence-electron chi connectivity index (χ0n) is 13.5. The molecule has 0 aliphatic rings. The molecule has 1 aromatic heterocycles. The monoisotopic (exact) mass is 317 g/mol. The van der Waals surface area contributed by atoms with E-state index in [4.69, 9.17) is 9.15 Å². The molecule has 0 radical (unpaired) electrons. The van der Waals surface area contributed by atoms with Gasteiger partial charge in [0.1, 0.15) is 5.60 Å². The summed E-state index contributed by atoms with van der Waals surface area (Å²) >= 11 is 0. The van der Waals surface area contributed by atoms with E-state index in [1.54, 1.807) is 45.0 Å². The highest BCUT2D eigenvalue weighted by atomic mass is 16.6. The average molecular weight is 317 g/mol. The first kappa shape index (κ1) is 16.7. The van der Waals surface area contributed by atoms with Gasteiger partial charge in [-0.2, -0.15) is 0 Å². The second-order valence-corrected chi connectivity index (χ2v) is 6.22. The molecule has 122 valence electrons. The van der Waals surface area contributed by atoms with Crippen LogP contribution in [0.5, 0.6) is 0 Å². The summed E-state index contributed by atoms with van der Waals surface area (Å²) in [5, 5.41) is 3.44. The molecule has 0 saturated carbocycles. The summed E-state index contributed by atoms with van der Waals surface area (Å²) < 4.78 is 10.2. The number of benzene rings is 1. The fraction of sp³-hybridized carbons (Fsp3) is 0.353. The Labute approximate surface area is 133 Å². The molecule has 0 aliphatic heterocycles. The van der Waals surface area contributed by atoms with Crippen molar-refractivity contribution in [1.82, 2.24) is 5.32 Å². The Morgan fingerprint density at radius 2 is 1.87 bits per heavy atom. The van der Waals surface area contributed by atoms with Gasteiger partial charge in [0.25, 0.3) is 0 Å². The van der Waals surface area contributed by atoms with E-state index < -0.39 is 29.1 Å². The van der Waals surface area contributed by atoms with Crippen LogP contribution in [0.25, 0.3) is 10.8 Å². The molecule has 0 bridgehead atoms. The van der Waals surface area contributed by atoms with E-state index in [9.17, 15) is 14.4 Å². The van der Waals surface area contributed by atoms with Crippen molar-refractivity contribution in [2.75, 3.05) is 0 Å². The molecule has 23 heavy (non-hydrogen) atoms. The maximum absolute atomic E-state index is 12.3. The van der Waals surface area contributed by atoms with Crippen LogP contribution in [0.4, 0.5) is 4.79 Å². The predicted molar refractivity (Wildman–Crippen MR) is 85.6 cm³/mol. The minimum absolute atomic E-state index is 0.0998. The largest absolute Gasteiger partial charge is 0.444 e. The number of fused-ring (bicyclic) bond motifs is 1. The molecule has 2 aromatic rings. The van der Waals surface area contributed by atoms with Gasteiger partial charge >= 0.3 is 11.7 Å².